The van der Waals surface area contributed by atoms with Crippen LogP contribution in [0.4, 0.5) is 0 Å². The van der Waals surface area contributed by atoms with E-state index in [0.717, 1.165) is 42.2 Å². The molecule has 2 aromatic rings. The lowest BCUT2D eigenvalue weighted by Crippen LogP contribution is -2.37. The first-order chi connectivity index (χ1) is 13.3. The van der Waals surface area contributed by atoms with E-state index >= 15 is 0 Å². The highest BCUT2D eigenvalue weighted by molar-refractivity contribution is 14.0. The molecule has 2 N–H and O–H groups in total. The van der Waals surface area contributed by atoms with Crippen LogP contribution >= 0.6 is 24.0 Å². The van der Waals surface area contributed by atoms with Gasteiger partial charge in [-0.1, -0.05) is 31.7 Å². The number of guanidine groups is 1. The summed E-state index contributed by atoms with van der Waals surface area (Å²) in [5.74, 6) is 3.66. The third-order valence-electron chi connectivity index (χ3n) is 5.20. The SMILES string of the molecule is CCNC(=NCc1ccc(-n2ccnc2C)nc1)NCCCC1CCCC1.I. The lowest BCUT2D eigenvalue weighted by molar-refractivity contribution is 0.481. The minimum absolute atomic E-state index is 0. The summed E-state index contributed by atoms with van der Waals surface area (Å²) in [5, 5.41) is 6.79. The van der Waals surface area contributed by atoms with Crippen LogP contribution in [0.15, 0.2) is 35.7 Å². The molecule has 0 saturated heterocycles. The van der Waals surface area contributed by atoms with Crippen LogP contribution in [-0.2, 0) is 6.54 Å². The van der Waals surface area contributed by atoms with Crippen LogP contribution in [-0.4, -0.2) is 33.6 Å². The van der Waals surface area contributed by atoms with Crippen molar-refractivity contribution < 1.29 is 0 Å². The van der Waals surface area contributed by atoms with Crippen molar-refractivity contribution in [3.8, 4) is 5.82 Å². The molecular weight excluding hydrogens is 463 g/mol. The zero-order valence-corrected chi connectivity index (χ0v) is 19.4. The Balaban J connectivity index is 0.00000280. The van der Waals surface area contributed by atoms with Crippen LogP contribution in [0.25, 0.3) is 5.82 Å². The van der Waals surface area contributed by atoms with E-state index in [2.05, 4.69) is 33.6 Å². The van der Waals surface area contributed by atoms with Crippen molar-refractivity contribution in [2.75, 3.05) is 13.1 Å². The minimum atomic E-state index is 0. The van der Waals surface area contributed by atoms with Crippen LogP contribution in [0.5, 0.6) is 0 Å². The van der Waals surface area contributed by atoms with Crippen molar-refractivity contribution in [3.05, 3.63) is 42.1 Å². The van der Waals surface area contributed by atoms with Crippen LogP contribution in [0.1, 0.15) is 56.8 Å². The van der Waals surface area contributed by atoms with Crippen LogP contribution < -0.4 is 10.6 Å². The molecule has 7 heteroatoms. The third kappa shape index (κ3) is 6.76. The van der Waals surface area contributed by atoms with Gasteiger partial charge >= 0.3 is 0 Å². The highest BCUT2D eigenvalue weighted by Crippen LogP contribution is 2.28. The van der Waals surface area contributed by atoms with Gasteiger partial charge in [0.2, 0.25) is 0 Å². The summed E-state index contributed by atoms with van der Waals surface area (Å²) in [6.07, 6.45) is 13.9. The summed E-state index contributed by atoms with van der Waals surface area (Å²) < 4.78 is 1.98. The molecule has 1 fully saturated rings. The number of hydrogen-bond acceptors (Lipinski definition) is 3. The van der Waals surface area contributed by atoms with E-state index in [1.54, 1.807) is 6.20 Å². The average Bonchev–Trinajstić information content (AvgIpc) is 3.35. The van der Waals surface area contributed by atoms with Crippen molar-refractivity contribution in [1.82, 2.24) is 25.2 Å². The second-order valence-corrected chi connectivity index (χ2v) is 7.28. The van der Waals surface area contributed by atoms with E-state index in [4.69, 9.17) is 4.99 Å². The average molecular weight is 496 g/mol. The van der Waals surface area contributed by atoms with Gasteiger partial charge < -0.3 is 10.6 Å². The molecule has 2 aromatic heterocycles. The number of aromatic nitrogens is 3. The normalized spacial score (nSPS) is 14.7. The van der Waals surface area contributed by atoms with Crippen molar-refractivity contribution >= 4 is 29.9 Å². The molecule has 3 rings (SSSR count). The Morgan fingerprint density at radius 2 is 2.04 bits per heavy atom. The second kappa shape index (κ2) is 12.0. The first-order valence-corrected chi connectivity index (χ1v) is 10.2. The zero-order valence-electron chi connectivity index (χ0n) is 17.0. The summed E-state index contributed by atoms with van der Waals surface area (Å²) in [6, 6.07) is 4.09. The fraction of sp³-hybridized carbons (Fsp3) is 0.571. The molecule has 0 aliphatic heterocycles. The molecule has 1 aliphatic rings. The number of pyridine rings is 1. The predicted molar refractivity (Wildman–Crippen MR) is 126 cm³/mol. The Kier molecular flexibility index (Phi) is 9.73. The van der Waals surface area contributed by atoms with Gasteiger partial charge in [0.1, 0.15) is 11.6 Å². The van der Waals surface area contributed by atoms with Gasteiger partial charge in [0.25, 0.3) is 0 Å². The highest BCUT2D eigenvalue weighted by Gasteiger charge is 2.14. The van der Waals surface area contributed by atoms with Gasteiger partial charge in [-0.2, -0.15) is 0 Å². The fourth-order valence-electron chi connectivity index (χ4n) is 3.68. The van der Waals surface area contributed by atoms with E-state index in [-0.39, 0.29) is 24.0 Å². The predicted octanol–water partition coefficient (Wildman–Crippen LogP) is 4.22. The maximum absolute atomic E-state index is 4.70. The van der Waals surface area contributed by atoms with Gasteiger partial charge in [-0.15, -0.1) is 24.0 Å². The molecular formula is C21H33IN6. The third-order valence-corrected chi connectivity index (χ3v) is 5.20. The van der Waals surface area contributed by atoms with Gasteiger partial charge in [-0.25, -0.2) is 15.0 Å². The maximum Gasteiger partial charge on any atom is 0.191 e. The van der Waals surface area contributed by atoms with Gasteiger partial charge in [0.15, 0.2) is 5.96 Å². The first-order valence-electron chi connectivity index (χ1n) is 10.2. The van der Waals surface area contributed by atoms with Crippen molar-refractivity contribution in [3.63, 3.8) is 0 Å². The van der Waals surface area contributed by atoms with Crippen molar-refractivity contribution in [2.24, 2.45) is 10.9 Å². The van der Waals surface area contributed by atoms with Crippen LogP contribution in [0.2, 0.25) is 0 Å². The van der Waals surface area contributed by atoms with Crippen LogP contribution in [0.3, 0.4) is 0 Å². The van der Waals surface area contributed by atoms with E-state index in [0.29, 0.717) is 6.54 Å². The summed E-state index contributed by atoms with van der Waals surface area (Å²) >= 11 is 0. The molecule has 1 aliphatic carbocycles. The quantitative estimate of drug-likeness (QED) is 0.249. The Labute approximate surface area is 185 Å². The standard InChI is InChI=1S/C21H32N6.HI/c1-3-22-21(24-12-6-9-18-7-4-5-8-18)26-16-19-10-11-20(25-15-19)27-14-13-23-17(27)2;/h10-11,13-15,18H,3-9,12,16H2,1-2H3,(H2,22,24,26);1H. The number of aryl methyl sites for hydroxylation is 1. The molecule has 2 heterocycles. The second-order valence-electron chi connectivity index (χ2n) is 7.28. The highest BCUT2D eigenvalue weighted by atomic mass is 127. The number of aliphatic imine (C=N–C) groups is 1. The minimum Gasteiger partial charge on any atom is -0.357 e. The summed E-state index contributed by atoms with van der Waals surface area (Å²) in [4.78, 5) is 13.5. The molecule has 0 atom stereocenters. The molecule has 28 heavy (non-hydrogen) atoms. The molecule has 154 valence electrons. The van der Waals surface area contributed by atoms with Gasteiger partial charge in [-0.3, -0.25) is 4.57 Å². The first kappa shape index (κ1) is 22.6. The largest absolute Gasteiger partial charge is 0.357 e. The van der Waals surface area contributed by atoms with Crippen LogP contribution in [0, 0.1) is 12.8 Å². The summed E-state index contributed by atoms with van der Waals surface area (Å²) in [6.45, 7) is 6.54. The molecule has 6 nitrogen and oxygen atoms in total. The molecule has 0 bridgehead atoms. The molecule has 0 amide bonds. The molecule has 0 radical (unpaired) electrons. The van der Waals surface area contributed by atoms with Crippen molar-refractivity contribution in [2.45, 2.75) is 58.9 Å². The number of nitrogens with one attached hydrogen (secondary N) is 2. The fourth-order valence-corrected chi connectivity index (χ4v) is 3.68. The number of imidazole rings is 1. The Bertz CT molecular complexity index is 719. The molecule has 1 saturated carbocycles. The molecule has 0 spiro atoms. The van der Waals surface area contributed by atoms with E-state index in [1.807, 2.05) is 30.0 Å². The maximum atomic E-state index is 4.70. The topological polar surface area (TPSA) is 67.1 Å². The van der Waals surface area contributed by atoms with Crippen molar-refractivity contribution in [1.29, 1.82) is 0 Å². The monoisotopic (exact) mass is 496 g/mol. The Hall–Kier alpha value is -1.64. The number of halogens is 1. The lowest BCUT2D eigenvalue weighted by Gasteiger charge is -2.13. The molecule has 0 unspecified atom stereocenters. The lowest BCUT2D eigenvalue weighted by atomic mass is 10.0. The number of hydrogen-bond donors (Lipinski definition) is 2. The molecule has 0 aromatic carbocycles. The Morgan fingerprint density at radius 3 is 2.68 bits per heavy atom. The van der Waals surface area contributed by atoms with E-state index in [9.17, 15) is 0 Å². The summed E-state index contributed by atoms with van der Waals surface area (Å²) in [7, 11) is 0. The van der Waals surface area contributed by atoms with E-state index in [1.165, 1.54) is 38.5 Å². The van der Waals surface area contributed by atoms with Gasteiger partial charge in [-0.05, 0) is 44.2 Å². The number of rotatable bonds is 8. The Morgan fingerprint density at radius 1 is 1.21 bits per heavy atom. The smallest absolute Gasteiger partial charge is 0.191 e. The van der Waals surface area contributed by atoms with E-state index < -0.39 is 0 Å². The number of nitrogens with zero attached hydrogens (tertiary/aromatic N) is 4. The summed E-state index contributed by atoms with van der Waals surface area (Å²) in [5.41, 5.74) is 1.10. The van der Waals surface area contributed by atoms with Gasteiger partial charge in [0, 0.05) is 31.7 Å². The van der Waals surface area contributed by atoms with Gasteiger partial charge in [0.05, 0.1) is 6.54 Å². The zero-order chi connectivity index (χ0) is 18.9.